The van der Waals surface area contributed by atoms with Crippen molar-refractivity contribution in [1.29, 1.82) is 0 Å². The smallest absolute Gasteiger partial charge is 0.269 e. The normalized spacial score (nSPS) is 14.3. The van der Waals surface area contributed by atoms with E-state index in [1.807, 2.05) is 108 Å². The van der Waals surface area contributed by atoms with Crippen LogP contribution in [0.3, 0.4) is 0 Å². The number of hydrogen-bond donors (Lipinski definition) is 0. The van der Waals surface area contributed by atoms with Gasteiger partial charge in [0.25, 0.3) is 6.33 Å². The Morgan fingerprint density at radius 1 is 0.424 bits per heavy atom. The Bertz CT molecular complexity index is 5590. The molecule has 0 bridgehead atoms. The Hall–Kier alpha value is -10.4. The number of rotatable bonds is 8. The topological polar surface area (TPSA) is 35.9 Å². The van der Waals surface area contributed by atoms with E-state index < -0.39 is 101 Å². The van der Waals surface area contributed by atoms with E-state index in [1.165, 1.54) is 0 Å². The van der Waals surface area contributed by atoms with Crippen LogP contribution < -0.4 is 9.30 Å². The van der Waals surface area contributed by atoms with Gasteiger partial charge in [-0.05, 0) is 173 Å². The second-order valence-electron chi connectivity index (χ2n) is 23.6. The van der Waals surface area contributed by atoms with Crippen molar-refractivity contribution < 1.29 is 27.1 Å². The van der Waals surface area contributed by atoms with E-state index in [1.54, 1.807) is 6.07 Å². The molecule has 1 aliphatic rings. The van der Waals surface area contributed by atoms with Crippen molar-refractivity contribution in [2.45, 2.75) is 52.4 Å². The number of para-hydroxylation sites is 2. The number of hydrogen-bond acceptors (Lipinski definition) is 2. The van der Waals surface area contributed by atoms with Crippen LogP contribution in [0.25, 0.3) is 128 Å². The number of aromatic nitrogens is 4. The van der Waals surface area contributed by atoms with Crippen LogP contribution in [-0.2, 0) is 10.8 Å². The number of imidazole rings is 1. The molecule has 11 aromatic carbocycles. The molecule has 4 heterocycles. The van der Waals surface area contributed by atoms with Gasteiger partial charge in [0.05, 0.1) is 51.3 Å². The molecule has 0 N–H and O–H groups in total. The summed E-state index contributed by atoms with van der Waals surface area (Å²) in [6.45, 7) is 13.1. The van der Waals surface area contributed by atoms with Crippen molar-refractivity contribution in [3.8, 4) is 107 Å². The van der Waals surface area contributed by atoms with Crippen molar-refractivity contribution in [2.24, 2.45) is 0 Å². The van der Waals surface area contributed by atoms with Crippen molar-refractivity contribution in [3.63, 3.8) is 0 Å². The molecule has 85 heavy (non-hydrogen) atoms. The Balaban J connectivity index is 1.05. The van der Waals surface area contributed by atoms with Crippen LogP contribution in [0.1, 0.15) is 70.5 Å². The summed E-state index contributed by atoms with van der Waals surface area (Å²) < 4.78 is 133. The molecule has 0 fully saturated rings. The fourth-order valence-electron chi connectivity index (χ4n) is 11.9. The molecule has 0 saturated carbocycles. The molecule has 0 amide bonds. The first-order valence-corrected chi connectivity index (χ1v) is 28.4. The summed E-state index contributed by atoms with van der Waals surface area (Å²) >= 11 is 0. The molecule has 0 atom stereocenters. The van der Waals surface area contributed by atoms with E-state index >= 15 is 0 Å². The molecule has 5 nitrogen and oxygen atoms in total. The van der Waals surface area contributed by atoms with Gasteiger partial charge in [0.1, 0.15) is 17.3 Å². The van der Waals surface area contributed by atoms with Crippen LogP contribution >= 0.6 is 0 Å². The molecule has 408 valence electrons. The first-order chi connectivity index (χ1) is 46.8. The lowest BCUT2D eigenvalue weighted by Crippen LogP contribution is -2.32. The Kier molecular flexibility index (Phi) is 9.32. The highest BCUT2D eigenvalue weighted by Crippen LogP contribution is 2.47. The third-order valence-electron chi connectivity index (χ3n) is 16.1. The minimum absolute atomic E-state index is 0.138. The first-order valence-electron chi connectivity index (χ1n) is 34.9. The van der Waals surface area contributed by atoms with Crippen LogP contribution in [0, 0.1) is 6.33 Å². The van der Waals surface area contributed by atoms with E-state index in [4.69, 9.17) is 17.9 Å². The van der Waals surface area contributed by atoms with Crippen LogP contribution in [0.2, 0.25) is 0 Å². The third kappa shape index (κ3) is 9.11. The molecule has 15 rings (SSSR count). The maximum absolute atomic E-state index is 10.4. The van der Waals surface area contributed by atoms with Gasteiger partial charge in [-0.2, -0.15) is 0 Å². The predicted molar refractivity (Wildman–Crippen MR) is 351 cm³/mol. The molecule has 0 unspecified atom stereocenters. The van der Waals surface area contributed by atoms with E-state index in [0.29, 0.717) is 33.8 Å². The SMILES string of the molecule is [2H]c1c([2H])c([2H])c(-c2c([2H])c(-c3cc4c5c(c3)n(-c3cccc(Oc6ccc7c8ccccc8n(-c8cc(C(C)(C)C)ccn8)c7c6)c3)[c-][n+]5-c3c(-c5ccc(C(C)(C)C)cc5)cccc3-c3ccccc3-c3ccccc3-4)c([2H])c(-c3c([2H])c([2H])c([2H])c([2H])c3[2H])c2[2H])c([2H])c1[2H]. The molecule has 0 spiro atoms. The zero-order valence-electron chi connectivity index (χ0n) is 60.6. The highest BCUT2D eigenvalue weighted by atomic mass is 16.5. The van der Waals surface area contributed by atoms with Crippen LogP contribution in [-0.4, -0.2) is 14.1 Å². The summed E-state index contributed by atoms with van der Waals surface area (Å²) in [5, 5.41) is 2.07. The molecular formula is C80H62N4O. The van der Waals surface area contributed by atoms with Crippen LogP contribution in [0.5, 0.6) is 11.5 Å². The van der Waals surface area contributed by atoms with E-state index in [-0.39, 0.29) is 22.0 Å². The van der Waals surface area contributed by atoms with Crippen molar-refractivity contribution >= 4 is 32.8 Å². The van der Waals surface area contributed by atoms with E-state index in [2.05, 4.69) is 136 Å². The molecule has 5 heteroatoms. The summed E-state index contributed by atoms with van der Waals surface area (Å²) in [5.74, 6) is 1.78. The minimum Gasteiger partial charge on any atom is -0.458 e. The Morgan fingerprint density at radius 3 is 1.66 bits per heavy atom. The number of benzene rings is 11. The molecule has 3 aromatic heterocycles. The third-order valence-corrected chi connectivity index (χ3v) is 16.1. The second kappa shape index (κ2) is 20.2. The predicted octanol–water partition coefficient (Wildman–Crippen LogP) is 20.6. The minimum atomic E-state index is -0.747. The monoisotopic (exact) mass is 1110 g/mol. The Morgan fingerprint density at radius 2 is 0.988 bits per heavy atom. The second-order valence-corrected chi connectivity index (χ2v) is 23.6. The largest absolute Gasteiger partial charge is 0.458 e. The fourth-order valence-corrected chi connectivity index (χ4v) is 11.9. The van der Waals surface area contributed by atoms with Gasteiger partial charge >= 0.3 is 0 Å². The van der Waals surface area contributed by atoms with Crippen molar-refractivity contribution in [2.75, 3.05) is 0 Å². The summed E-state index contributed by atoms with van der Waals surface area (Å²) in [6.07, 6.45) is 5.71. The number of fused-ring (bicyclic) bond motifs is 10. The van der Waals surface area contributed by atoms with E-state index in [0.717, 1.165) is 83.4 Å². The lowest BCUT2D eigenvalue weighted by molar-refractivity contribution is -0.570. The summed E-state index contributed by atoms with van der Waals surface area (Å²) in [7, 11) is 0. The summed E-state index contributed by atoms with van der Waals surface area (Å²) in [6, 6.07) is 51.4. The quantitative estimate of drug-likeness (QED) is 0.112. The molecule has 1 aliphatic heterocycles. The maximum Gasteiger partial charge on any atom is 0.269 e. The average Bonchev–Trinajstić information content (AvgIpc) is 1.68. The standard InChI is InChI=1S/C80H62N4O/c1-79(2,3)59-37-35-54(36-38-59)64-32-20-33-71-67-29-15-13-27-65(67)66-28-14-16-30-68(66)72-46-58(57-44-55(52-21-9-7-10-22-52)43-56(45-57)53-23-11-8-12-24-53)47-75-78(72)83(77(64)71)51-82(75)61-25-19-26-62(49-61)85-63-39-40-70-69-31-17-18-34-73(69)84(74(70)50-63)76-48-60(41-42-81-76)80(4,5)6/h7-50H,1-6H3/i7D,8D,9D,10D,11D,12D,21D,22D,23D,24D,43D,44D,45D. The zero-order chi connectivity index (χ0) is 68.9. The fraction of sp³-hybridized carbons (Fsp3) is 0.100. The molecule has 14 aromatic rings. The molecule has 0 saturated heterocycles. The Labute approximate surface area is 515 Å². The average molecular weight is 1110 g/mol. The van der Waals surface area contributed by atoms with Crippen LogP contribution in [0.15, 0.2) is 267 Å². The number of pyridine rings is 1. The highest BCUT2D eigenvalue weighted by molar-refractivity contribution is 6.10. The van der Waals surface area contributed by atoms with Crippen molar-refractivity contribution in [1.82, 2.24) is 14.1 Å². The van der Waals surface area contributed by atoms with Gasteiger partial charge in [-0.3, -0.25) is 13.7 Å². The number of ether oxygens (including phenoxy) is 1. The van der Waals surface area contributed by atoms with Gasteiger partial charge in [0.2, 0.25) is 0 Å². The van der Waals surface area contributed by atoms with Gasteiger partial charge in [-0.1, -0.05) is 223 Å². The molecule has 0 radical (unpaired) electrons. The van der Waals surface area contributed by atoms with Gasteiger partial charge in [0, 0.05) is 23.0 Å². The maximum atomic E-state index is 10.4. The van der Waals surface area contributed by atoms with E-state index in [9.17, 15) is 9.60 Å². The molecule has 0 aliphatic carbocycles. The summed E-state index contributed by atoms with van der Waals surface area (Å²) in [4.78, 5) is 4.91. The zero-order valence-corrected chi connectivity index (χ0v) is 47.6. The lowest BCUT2D eigenvalue weighted by atomic mass is 9.85. The van der Waals surface area contributed by atoms with Gasteiger partial charge < -0.3 is 4.74 Å². The van der Waals surface area contributed by atoms with Crippen LogP contribution in [0.4, 0.5) is 0 Å². The molecular weight excluding hydrogens is 1030 g/mol. The summed E-state index contributed by atoms with van der Waals surface area (Å²) in [5.41, 5.74) is 10.9. The number of nitrogens with zero attached hydrogens (tertiary/aromatic N) is 4. The van der Waals surface area contributed by atoms with Crippen molar-refractivity contribution in [3.05, 3.63) is 284 Å². The van der Waals surface area contributed by atoms with Gasteiger partial charge in [-0.15, -0.1) is 0 Å². The lowest BCUT2D eigenvalue weighted by Gasteiger charge is -2.21. The first kappa shape index (κ1) is 39.2. The van der Waals surface area contributed by atoms with Gasteiger partial charge in [-0.25, -0.2) is 4.98 Å². The van der Waals surface area contributed by atoms with Gasteiger partial charge in [0.15, 0.2) is 0 Å². The highest BCUT2D eigenvalue weighted by Gasteiger charge is 2.28.